The van der Waals surface area contributed by atoms with Crippen LogP contribution in [0.1, 0.15) is 5.69 Å². The van der Waals surface area contributed by atoms with Crippen molar-refractivity contribution in [3.8, 4) is 11.6 Å². The third kappa shape index (κ3) is 2.56. The standard InChI is InChI=1S/C11H10BrN3O/c12-8-1-3-9(4-2-8)16-11-10(7-13)14-5-6-15-11/h1-6H,7,13H2. The molecule has 0 saturated heterocycles. The molecule has 1 heterocycles. The molecule has 0 fully saturated rings. The Kier molecular flexibility index (Phi) is 3.48. The zero-order chi connectivity index (χ0) is 11.4. The summed E-state index contributed by atoms with van der Waals surface area (Å²) in [7, 11) is 0. The Labute approximate surface area is 102 Å². The van der Waals surface area contributed by atoms with Crippen LogP contribution in [0.3, 0.4) is 0 Å². The van der Waals surface area contributed by atoms with Gasteiger partial charge in [0.2, 0.25) is 5.88 Å². The first-order chi connectivity index (χ1) is 7.79. The molecule has 0 radical (unpaired) electrons. The highest BCUT2D eigenvalue weighted by molar-refractivity contribution is 9.10. The third-order valence-corrected chi connectivity index (χ3v) is 2.49. The molecule has 82 valence electrons. The van der Waals surface area contributed by atoms with Crippen molar-refractivity contribution in [1.82, 2.24) is 9.97 Å². The Morgan fingerprint density at radius 1 is 1.12 bits per heavy atom. The van der Waals surface area contributed by atoms with Gasteiger partial charge in [0.15, 0.2) is 0 Å². The van der Waals surface area contributed by atoms with Gasteiger partial charge in [-0.05, 0) is 24.3 Å². The zero-order valence-electron chi connectivity index (χ0n) is 8.43. The molecule has 0 atom stereocenters. The predicted molar refractivity (Wildman–Crippen MR) is 64.1 cm³/mol. The van der Waals surface area contributed by atoms with Gasteiger partial charge >= 0.3 is 0 Å². The van der Waals surface area contributed by atoms with Gasteiger partial charge in [-0.15, -0.1) is 0 Å². The van der Waals surface area contributed by atoms with E-state index in [9.17, 15) is 0 Å². The molecule has 0 aliphatic rings. The van der Waals surface area contributed by atoms with E-state index in [1.54, 1.807) is 12.4 Å². The van der Waals surface area contributed by atoms with Crippen LogP contribution in [0.25, 0.3) is 0 Å². The lowest BCUT2D eigenvalue weighted by Crippen LogP contribution is -2.03. The maximum Gasteiger partial charge on any atom is 0.242 e. The second kappa shape index (κ2) is 5.05. The summed E-state index contributed by atoms with van der Waals surface area (Å²) in [5.74, 6) is 1.16. The molecule has 0 bridgehead atoms. The Hall–Kier alpha value is -1.46. The highest BCUT2D eigenvalue weighted by atomic mass is 79.9. The van der Waals surface area contributed by atoms with Crippen LogP contribution in [-0.4, -0.2) is 9.97 Å². The summed E-state index contributed by atoms with van der Waals surface area (Å²) in [5.41, 5.74) is 6.18. The largest absolute Gasteiger partial charge is 0.437 e. The summed E-state index contributed by atoms with van der Waals surface area (Å²) in [6.07, 6.45) is 3.17. The molecule has 0 amide bonds. The van der Waals surface area contributed by atoms with Gasteiger partial charge in [0.1, 0.15) is 11.4 Å². The highest BCUT2D eigenvalue weighted by Crippen LogP contribution is 2.22. The van der Waals surface area contributed by atoms with Crippen molar-refractivity contribution in [2.75, 3.05) is 0 Å². The van der Waals surface area contributed by atoms with Gasteiger partial charge in [-0.25, -0.2) is 4.98 Å². The Morgan fingerprint density at radius 3 is 2.50 bits per heavy atom. The number of nitrogens with two attached hydrogens (primary N) is 1. The number of nitrogens with zero attached hydrogens (tertiary/aromatic N) is 2. The molecule has 2 N–H and O–H groups in total. The summed E-state index contributed by atoms with van der Waals surface area (Å²) in [6, 6.07) is 7.49. The average molecular weight is 280 g/mol. The molecule has 1 aromatic carbocycles. The molecule has 0 aliphatic heterocycles. The number of hydrogen-bond donors (Lipinski definition) is 1. The molecular formula is C11H10BrN3O. The van der Waals surface area contributed by atoms with E-state index in [0.29, 0.717) is 23.9 Å². The van der Waals surface area contributed by atoms with Crippen LogP contribution >= 0.6 is 15.9 Å². The van der Waals surface area contributed by atoms with E-state index >= 15 is 0 Å². The molecule has 16 heavy (non-hydrogen) atoms. The molecule has 0 saturated carbocycles. The SMILES string of the molecule is NCc1nccnc1Oc1ccc(Br)cc1. The number of benzene rings is 1. The lowest BCUT2D eigenvalue weighted by molar-refractivity contribution is 0.452. The second-order valence-corrected chi connectivity index (χ2v) is 3.98. The lowest BCUT2D eigenvalue weighted by Gasteiger charge is -2.07. The van der Waals surface area contributed by atoms with Crippen molar-refractivity contribution in [2.45, 2.75) is 6.54 Å². The summed E-state index contributed by atoms with van der Waals surface area (Å²) in [4.78, 5) is 8.18. The second-order valence-electron chi connectivity index (χ2n) is 3.07. The van der Waals surface area contributed by atoms with Gasteiger partial charge in [0.25, 0.3) is 0 Å². The van der Waals surface area contributed by atoms with Crippen molar-refractivity contribution in [1.29, 1.82) is 0 Å². The van der Waals surface area contributed by atoms with Crippen LogP contribution in [0, 0.1) is 0 Å². The van der Waals surface area contributed by atoms with Crippen LogP contribution in [0.5, 0.6) is 11.6 Å². The van der Waals surface area contributed by atoms with E-state index in [1.807, 2.05) is 24.3 Å². The van der Waals surface area contributed by atoms with Crippen LogP contribution in [0.15, 0.2) is 41.1 Å². The summed E-state index contributed by atoms with van der Waals surface area (Å²) < 4.78 is 6.58. The van der Waals surface area contributed by atoms with Gasteiger partial charge in [-0.3, -0.25) is 4.98 Å². The number of ether oxygens (including phenoxy) is 1. The molecule has 2 aromatic rings. The molecule has 1 aromatic heterocycles. The maximum atomic E-state index is 5.58. The first-order valence-corrected chi connectivity index (χ1v) is 5.52. The van der Waals surface area contributed by atoms with Gasteiger partial charge < -0.3 is 10.5 Å². The van der Waals surface area contributed by atoms with E-state index in [2.05, 4.69) is 25.9 Å². The van der Waals surface area contributed by atoms with Crippen molar-refractivity contribution in [3.05, 3.63) is 46.8 Å². The van der Waals surface area contributed by atoms with Crippen molar-refractivity contribution >= 4 is 15.9 Å². The average Bonchev–Trinajstić information content (AvgIpc) is 2.33. The minimum Gasteiger partial charge on any atom is -0.437 e. The fourth-order valence-electron chi connectivity index (χ4n) is 1.19. The van der Waals surface area contributed by atoms with Crippen molar-refractivity contribution in [2.24, 2.45) is 5.73 Å². The quantitative estimate of drug-likeness (QED) is 0.938. The van der Waals surface area contributed by atoms with Gasteiger partial charge in [-0.2, -0.15) is 0 Å². The predicted octanol–water partition coefficient (Wildman–Crippen LogP) is 2.49. The van der Waals surface area contributed by atoms with E-state index < -0.39 is 0 Å². The number of hydrogen-bond acceptors (Lipinski definition) is 4. The third-order valence-electron chi connectivity index (χ3n) is 1.96. The lowest BCUT2D eigenvalue weighted by atomic mass is 10.3. The summed E-state index contributed by atoms with van der Waals surface area (Å²) in [6.45, 7) is 0.305. The highest BCUT2D eigenvalue weighted by Gasteiger charge is 2.05. The molecule has 0 unspecified atom stereocenters. The van der Waals surface area contributed by atoms with Gasteiger partial charge in [0.05, 0.1) is 0 Å². The summed E-state index contributed by atoms with van der Waals surface area (Å²) in [5, 5.41) is 0. The monoisotopic (exact) mass is 279 g/mol. The minimum absolute atomic E-state index is 0.305. The van der Waals surface area contributed by atoms with Crippen LogP contribution in [0.4, 0.5) is 0 Å². The van der Waals surface area contributed by atoms with Crippen LogP contribution < -0.4 is 10.5 Å². The van der Waals surface area contributed by atoms with Crippen molar-refractivity contribution < 1.29 is 4.74 Å². The fourth-order valence-corrected chi connectivity index (χ4v) is 1.46. The van der Waals surface area contributed by atoms with E-state index in [0.717, 1.165) is 4.47 Å². The minimum atomic E-state index is 0.305. The molecule has 0 spiro atoms. The first kappa shape index (κ1) is 11.0. The molecule has 2 rings (SSSR count). The number of aromatic nitrogens is 2. The smallest absolute Gasteiger partial charge is 0.242 e. The fraction of sp³-hybridized carbons (Fsp3) is 0.0909. The number of rotatable bonds is 3. The van der Waals surface area contributed by atoms with Gasteiger partial charge in [0, 0.05) is 23.4 Å². The van der Waals surface area contributed by atoms with E-state index in [4.69, 9.17) is 10.5 Å². The maximum absolute atomic E-state index is 5.58. The molecule has 0 aliphatic carbocycles. The van der Waals surface area contributed by atoms with Crippen LogP contribution in [-0.2, 0) is 6.54 Å². The van der Waals surface area contributed by atoms with Crippen LogP contribution in [0.2, 0.25) is 0 Å². The Morgan fingerprint density at radius 2 is 1.81 bits per heavy atom. The molecule has 5 heteroatoms. The van der Waals surface area contributed by atoms with Crippen molar-refractivity contribution in [3.63, 3.8) is 0 Å². The Balaban J connectivity index is 2.23. The zero-order valence-corrected chi connectivity index (χ0v) is 10.0. The summed E-state index contributed by atoms with van der Waals surface area (Å²) >= 11 is 3.36. The topological polar surface area (TPSA) is 61.0 Å². The Bertz CT molecular complexity index is 473. The van der Waals surface area contributed by atoms with E-state index in [1.165, 1.54) is 0 Å². The normalized spacial score (nSPS) is 10.1. The molecular weight excluding hydrogens is 270 g/mol. The van der Waals surface area contributed by atoms with Gasteiger partial charge in [-0.1, -0.05) is 15.9 Å². The van der Waals surface area contributed by atoms with E-state index in [-0.39, 0.29) is 0 Å². The molecule has 4 nitrogen and oxygen atoms in total. The first-order valence-electron chi connectivity index (χ1n) is 4.73. The number of halogens is 1.